The van der Waals surface area contributed by atoms with Crippen LogP contribution in [0, 0.1) is 0 Å². The number of para-hydroxylation sites is 1. The summed E-state index contributed by atoms with van der Waals surface area (Å²) in [7, 11) is 0. The molecule has 2 aromatic carbocycles. The molecule has 7 nitrogen and oxygen atoms in total. The van der Waals surface area contributed by atoms with E-state index < -0.39 is 0 Å². The van der Waals surface area contributed by atoms with Crippen LogP contribution in [0.25, 0.3) is 0 Å². The van der Waals surface area contributed by atoms with Gasteiger partial charge in [0.2, 0.25) is 5.91 Å². The molecule has 3 amide bonds. The van der Waals surface area contributed by atoms with Gasteiger partial charge in [0.25, 0.3) is 11.8 Å². The summed E-state index contributed by atoms with van der Waals surface area (Å²) in [4.78, 5) is 39.3. The average molecular weight is 480 g/mol. The summed E-state index contributed by atoms with van der Waals surface area (Å²) in [5.41, 5.74) is 2.47. The number of hydrogen-bond donors (Lipinski definition) is 2. The zero-order chi connectivity index (χ0) is 25.4. The van der Waals surface area contributed by atoms with Crippen LogP contribution in [0.5, 0.6) is 5.75 Å². The Bertz CT molecular complexity index is 1020. The minimum absolute atomic E-state index is 0.00548. The molecular formula is C28H37N3O4. The van der Waals surface area contributed by atoms with Crippen molar-refractivity contribution in [3.8, 4) is 5.75 Å². The first-order valence-electron chi connectivity index (χ1n) is 12.4. The largest absolute Gasteiger partial charge is 0.483 e. The predicted molar refractivity (Wildman–Crippen MR) is 136 cm³/mol. The van der Waals surface area contributed by atoms with Crippen molar-refractivity contribution in [3.63, 3.8) is 0 Å². The number of ether oxygens (including phenoxy) is 1. The molecule has 1 unspecified atom stereocenters. The molecule has 1 atom stereocenters. The molecule has 1 fully saturated rings. The zero-order valence-electron chi connectivity index (χ0n) is 21.2. The quantitative estimate of drug-likeness (QED) is 0.569. The van der Waals surface area contributed by atoms with Crippen molar-refractivity contribution in [2.45, 2.75) is 58.4 Å². The van der Waals surface area contributed by atoms with E-state index in [0.29, 0.717) is 17.7 Å². The number of nitrogens with one attached hydrogen (secondary N) is 2. The van der Waals surface area contributed by atoms with Gasteiger partial charge in [-0.15, -0.1) is 0 Å². The summed E-state index contributed by atoms with van der Waals surface area (Å²) < 4.78 is 5.85. The maximum atomic E-state index is 12.6. The highest BCUT2D eigenvalue weighted by atomic mass is 16.5. The van der Waals surface area contributed by atoms with Gasteiger partial charge in [0, 0.05) is 24.2 Å². The van der Waals surface area contributed by atoms with E-state index in [2.05, 4.69) is 31.4 Å². The highest BCUT2D eigenvalue weighted by Crippen LogP contribution is 2.27. The Labute approximate surface area is 208 Å². The number of benzene rings is 2. The number of nitrogens with zero attached hydrogens (tertiary/aromatic N) is 1. The van der Waals surface area contributed by atoms with Crippen LogP contribution in [-0.2, 0) is 15.0 Å². The normalized spacial score (nSPS) is 14.3. The Morgan fingerprint density at radius 3 is 2.29 bits per heavy atom. The number of rotatable bonds is 9. The third-order valence-electron chi connectivity index (χ3n) is 6.27. The molecule has 7 heteroatoms. The van der Waals surface area contributed by atoms with E-state index >= 15 is 0 Å². The lowest BCUT2D eigenvalue weighted by Crippen LogP contribution is -2.38. The van der Waals surface area contributed by atoms with E-state index in [9.17, 15) is 14.4 Å². The second-order valence-corrected chi connectivity index (χ2v) is 9.95. The Morgan fingerprint density at radius 2 is 1.66 bits per heavy atom. The van der Waals surface area contributed by atoms with Gasteiger partial charge in [-0.1, -0.05) is 58.0 Å². The third kappa shape index (κ3) is 7.31. The van der Waals surface area contributed by atoms with Crippen molar-refractivity contribution < 1.29 is 19.1 Å². The maximum Gasteiger partial charge on any atom is 0.260 e. The molecule has 0 spiro atoms. The van der Waals surface area contributed by atoms with E-state index in [0.717, 1.165) is 37.1 Å². The Hall–Kier alpha value is -3.35. The van der Waals surface area contributed by atoms with Gasteiger partial charge in [0.15, 0.2) is 6.61 Å². The molecule has 1 saturated heterocycles. The Balaban J connectivity index is 1.55. The lowest BCUT2D eigenvalue weighted by atomic mass is 9.87. The summed E-state index contributed by atoms with van der Waals surface area (Å²) in [6.07, 6.45) is 2.70. The molecule has 188 valence electrons. The Morgan fingerprint density at radius 1 is 1.00 bits per heavy atom. The standard InChI is InChI=1S/C28H37N3O4/c1-5-23(22-10-6-7-11-24(22)35-19-26(33)31-16-8-9-17-31)30-25(32)18-29-27(34)20-12-14-21(15-13-20)28(2,3)4/h6-7,10-15,23H,5,8-9,16-19H2,1-4H3,(H,29,34)(H,30,32). The van der Waals surface area contributed by atoms with Gasteiger partial charge in [0.1, 0.15) is 5.75 Å². The second kappa shape index (κ2) is 11.9. The number of amides is 3. The van der Waals surface area contributed by atoms with Crippen molar-refractivity contribution in [3.05, 3.63) is 65.2 Å². The van der Waals surface area contributed by atoms with Crippen LogP contribution in [-0.4, -0.2) is 48.9 Å². The van der Waals surface area contributed by atoms with Crippen LogP contribution < -0.4 is 15.4 Å². The lowest BCUT2D eigenvalue weighted by molar-refractivity contribution is -0.132. The summed E-state index contributed by atoms with van der Waals surface area (Å²) in [5, 5.41) is 5.66. The third-order valence-corrected chi connectivity index (χ3v) is 6.27. The summed E-state index contributed by atoms with van der Waals surface area (Å²) in [6.45, 7) is 9.72. The van der Waals surface area contributed by atoms with Crippen LogP contribution in [0.4, 0.5) is 0 Å². The van der Waals surface area contributed by atoms with Gasteiger partial charge in [0.05, 0.1) is 12.6 Å². The van der Waals surface area contributed by atoms with Crippen LogP contribution in [0.15, 0.2) is 48.5 Å². The second-order valence-electron chi connectivity index (χ2n) is 9.95. The van der Waals surface area contributed by atoms with Gasteiger partial charge in [-0.2, -0.15) is 0 Å². The average Bonchev–Trinajstić information content (AvgIpc) is 3.39. The van der Waals surface area contributed by atoms with Crippen molar-refractivity contribution in [2.24, 2.45) is 0 Å². The zero-order valence-corrected chi connectivity index (χ0v) is 21.2. The molecule has 2 N–H and O–H groups in total. The first-order valence-corrected chi connectivity index (χ1v) is 12.4. The van der Waals surface area contributed by atoms with E-state index in [4.69, 9.17) is 4.74 Å². The molecule has 0 radical (unpaired) electrons. The first-order chi connectivity index (χ1) is 16.7. The van der Waals surface area contributed by atoms with Crippen LogP contribution in [0.3, 0.4) is 0 Å². The fraction of sp³-hybridized carbons (Fsp3) is 0.464. The molecule has 0 aliphatic carbocycles. The van der Waals surface area contributed by atoms with Gasteiger partial charge < -0.3 is 20.3 Å². The molecule has 1 heterocycles. The molecule has 0 bridgehead atoms. The summed E-state index contributed by atoms with van der Waals surface area (Å²) in [5.74, 6) is -0.0277. The molecule has 1 aliphatic rings. The monoisotopic (exact) mass is 479 g/mol. The first kappa shape index (κ1) is 26.3. The molecule has 35 heavy (non-hydrogen) atoms. The van der Waals surface area contributed by atoms with Crippen LogP contribution in [0.1, 0.15) is 74.5 Å². The van der Waals surface area contributed by atoms with Crippen molar-refractivity contribution in [1.29, 1.82) is 0 Å². The van der Waals surface area contributed by atoms with Crippen molar-refractivity contribution in [1.82, 2.24) is 15.5 Å². The number of carbonyl (C=O) groups is 3. The van der Waals surface area contributed by atoms with Crippen LogP contribution >= 0.6 is 0 Å². The van der Waals surface area contributed by atoms with E-state index in [1.54, 1.807) is 12.1 Å². The molecule has 3 rings (SSSR count). The highest BCUT2D eigenvalue weighted by Gasteiger charge is 2.21. The molecular weight excluding hydrogens is 442 g/mol. The molecule has 2 aromatic rings. The fourth-order valence-electron chi connectivity index (χ4n) is 4.13. The fourth-order valence-corrected chi connectivity index (χ4v) is 4.13. The topological polar surface area (TPSA) is 87.7 Å². The SMILES string of the molecule is CCC(NC(=O)CNC(=O)c1ccc(C(C)(C)C)cc1)c1ccccc1OCC(=O)N1CCCC1. The van der Waals surface area contributed by atoms with E-state index in [1.165, 1.54) is 0 Å². The minimum Gasteiger partial charge on any atom is -0.483 e. The maximum absolute atomic E-state index is 12.6. The summed E-state index contributed by atoms with van der Waals surface area (Å²) >= 11 is 0. The van der Waals surface area contributed by atoms with Crippen LogP contribution in [0.2, 0.25) is 0 Å². The van der Waals surface area contributed by atoms with E-state index in [1.807, 2.05) is 48.2 Å². The highest BCUT2D eigenvalue weighted by molar-refractivity contribution is 5.96. The van der Waals surface area contributed by atoms with Gasteiger partial charge in [-0.3, -0.25) is 14.4 Å². The summed E-state index contributed by atoms with van der Waals surface area (Å²) in [6, 6.07) is 14.6. The molecule has 1 aliphatic heterocycles. The van der Waals surface area contributed by atoms with Gasteiger partial charge >= 0.3 is 0 Å². The van der Waals surface area contributed by atoms with Crippen molar-refractivity contribution >= 4 is 17.7 Å². The molecule has 0 aromatic heterocycles. The molecule has 0 saturated carbocycles. The van der Waals surface area contributed by atoms with Gasteiger partial charge in [-0.25, -0.2) is 0 Å². The smallest absolute Gasteiger partial charge is 0.260 e. The van der Waals surface area contributed by atoms with Gasteiger partial charge in [-0.05, 0) is 48.4 Å². The minimum atomic E-state index is -0.302. The number of hydrogen-bond acceptors (Lipinski definition) is 4. The Kier molecular flexibility index (Phi) is 8.90. The number of carbonyl (C=O) groups excluding carboxylic acids is 3. The lowest BCUT2D eigenvalue weighted by Gasteiger charge is -2.22. The predicted octanol–water partition coefficient (Wildman–Crippen LogP) is 3.98. The number of likely N-dealkylation sites (tertiary alicyclic amines) is 1. The van der Waals surface area contributed by atoms with E-state index in [-0.39, 0.29) is 42.3 Å². The van der Waals surface area contributed by atoms with Crippen molar-refractivity contribution in [2.75, 3.05) is 26.2 Å².